The van der Waals surface area contributed by atoms with Crippen LogP contribution in [0.3, 0.4) is 0 Å². The summed E-state index contributed by atoms with van der Waals surface area (Å²) in [6.07, 6.45) is -8.41. The van der Waals surface area contributed by atoms with Crippen LogP contribution in [0.5, 0.6) is 0 Å². The number of nitrogens with zero attached hydrogens (tertiary/aromatic N) is 1. The molecule has 1 rings (SSSR count). The first-order valence-electron chi connectivity index (χ1n) is 8.82. The van der Waals surface area contributed by atoms with E-state index in [1.54, 1.807) is 0 Å². The van der Waals surface area contributed by atoms with E-state index in [2.05, 4.69) is 0 Å². The van der Waals surface area contributed by atoms with Crippen LogP contribution in [0.15, 0.2) is 0 Å². The zero-order valence-corrected chi connectivity index (χ0v) is 17.2. The maximum atomic E-state index is 14.1. The average molecular weight is 581 g/mol. The molecule has 0 N–H and O–H groups in total. The molecule has 1 aliphatic heterocycles. The summed E-state index contributed by atoms with van der Waals surface area (Å²) in [4.78, 5) is 0. The second-order valence-corrected chi connectivity index (χ2v) is 9.26. The fraction of sp³-hybridized carbons (Fsp3) is 1.00. The van der Waals surface area contributed by atoms with Crippen molar-refractivity contribution >= 4 is 10.0 Å². The second kappa shape index (κ2) is 8.64. The molecule has 0 aromatic carbocycles. The van der Waals surface area contributed by atoms with E-state index in [0.717, 1.165) is 0 Å². The molecule has 0 unspecified atom stereocenters. The van der Waals surface area contributed by atoms with Crippen LogP contribution in [-0.2, 0) is 10.0 Å². The van der Waals surface area contributed by atoms with Gasteiger partial charge in [0.15, 0.2) is 0 Å². The van der Waals surface area contributed by atoms with Gasteiger partial charge in [0.25, 0.3) is 10.0 Å². The first-order chi connectivity index (χ1) is 15.1. The normalized spacial score (nSPS) is 19.6. The number of halogens is 17. The van der Waals surface area contributed by atoms with Crippen molar-refractivity contribution in [2.24, 2.45) is 0 Å². The van der Waals surface area contributed by atoms with Crippen molar-refractivity contribution in [3.8, 4) is 0 Å². The first-order valence-corrected chi connectivity index (χ1v) is 10.3. The molecule has 0 aliphatic carbocycles. The molecule has 0 bridgehead atoms. The predicted octanol–water partition coefficient (Wildman–Crippen LogP) is 6.16. The highest BCUT2D eigenvalue weighted by molar-refractivity contribution is 7.90. The Balaban J connectivity index is 3.68. The maximum Gasteiger partial charge on any atom is 0.460 e. The summed E-state index contributed by atoms with van der Waals surface area (Å²) in [7, 11) is -7.14. The fourth-order valence-corrected chi connectivity index (χ4v) is 4.27. The Hall–Kier alpha value is -1.28. The topological polar surface area (TPSA) is 37.4 Å². The SMILES string of the molecule is O=S(=O)(N1CCCCCC1)C(F)(F)C(F)(F)C(F)(F)C(F)(F)C(F)(F)C(F)(F)C(F)(F)C(F)(F)F. The zero-order valence-electron chi connectivity index (χ0n) is 16.3. The van der Waals surface area contributed by atoms with E-state index in [1.165, 1.54) is 0 Å². The first kappa shape index (κ1) is 31.7. The number of rotatable bonds is 8. The third-order valence-corrected chi connectivity index (χ3v) is 6.87. The largest absolute Gasteiger partial charge is 0.460 e. The third kappa shape index (κ3) is 4.20. The summed E-state index contributed by atoms with van der Waals surface area (Å²) in [5.41, 5.74) is 0. The van der Waals surface area contributed by atoms with Gasteiger partial charge in [0.1, 0.15) is 0 Å². The lowest BCUT2D eigenvalue weighted by molar-refractivity contribution is -0.458. The van der Waals surface area contributed by atoms with Crippen molar-refractivity contribution < 1.29 is 83.1 Å². The van der Waals surface area contributed by atoms with E-state index in [9.17, 15) is 83.1 Å². The van der Waals surface area contributed by atoms with Gasteiger partial charge >= 0.3 is 47.0 Å². The molecule has 21 heteroatoms. The lowest BCUT2D eigenvalue weighted by atomic mass is 9.91. The van der Waals surface area contributed by atoms with Gasteiger partial charge in [-0.3, -0.25) is 0 Å². The molecular weight excluding hydrogens is 569 g/mol. The standard InChI is InChI=1S/C14H12F17NO2S/c15-7(16,9(19,20)11(23,24)13(27,28)29)8(17,18)10(21,22)12(25,26)14(30,31)35(33,34)32-5-3-1-2-4-6-32/h1-6H2. The summed E-state index contributed by atoms with van der Waals surface area (Å²) < 4.78 is 248. The number of sulfonamides is 1. The van der Waals surface area contributed by atoms with Gasteiger partial charge in [-0.15, -0.1) is 0 Å². The summed E-state index contributed by atoms with van der Waals surface area (Å²) in [5.74, 6) is -51.4. The molecular formula is C14H12F17NO2S. The van der Waals surface area contributed by atoms with Crippen molar-refractivity contribution in [2.75, 3.05) is 13.1 Å². The molecule has 210 valence electrons. The zero-order chi connectivity index (χ0) is 28.3. The minimum absolute atomic E-state index is 0.0803. The molecule has 3 nitrogen and oxygen atoms in total. The Morgan fingerprint density at radius 3 is 1.03 bits per heavy atom. The minimum Gasteiger partial charge on any atom is -0.206 e. The highest BCUT2D eigenvalue weighted by Gasteiger charge is 2.96. The van der Waals surface area contributed by atoms with Gasteiger partial charge in [-0.2, -0.15) is 78.9 Å². The Morgan fingerprint density at radius 2 is 0.714 bits per heavy atom. The molecule has 0 amide bonds. The van der Waals surface area contributed by atoms with Gasteiger partial charge in [-0.05, 0) is 12.8 Å². The van der Waals surface area contributed by atoms with Gasteiger partial charge in [0, 0.05) is 13.1 Å². The van der Waals surface area contributed by atoms with E-state index < -0.39 is 74.4 Å². The molecule has 0 aromatic rings. The number of hydrogen-bond acceptors (Lipinski definition) is 2. The monoisotopic (exact) mass is 581 g/mol. The van der Waals surface area contributed by atoms with Crippen molar-refractivity contribution in [3.05, 3.63) is 0 Å². The molecule has 0 spiro atoms. The van der Waals surface area contributed by atoms with E-state index in [4.69, 9.17) is 0 Å². The van der Waals surface area contributed by atoms with Gasteiger partial charge in [-0.1, -0.05) is 12.8 Å². The second-order valence-electron chi connectivity index (χ2n) is 7.28. The van der Waals surface area contributed by atoms with Crippen LogP contribution in [0.2, 0.25) is 0 Å². The van der Waals surface area contributed by atoms with E-state index >= 15 is 0 Å². The molecule has 35 heavy (non-hydrogen) atoms. The van der Waals surface area contributed by atoms with Crippen molar-refractivity contribution in [2.45, 2.75) is 72.6 Å². The summed E-state index contributed by atoms with van der Waals surface area (Å²) in [5, 5.41) is -7.46. The lowest BCUT2D eigenvalue weighted by Gasteiger charge is -2.43. The number of alkyl halides is 17. The fourth-order valence-electron chi connectivity index (χ4n) is 2.76. The van der Waals surface area contributed by atoms with Crippen LogP contribution in [0.4, 0.5) is 74.6 Å². The van der Waals surface area contributed by atoms with Crippen molar-refractivity contribution in [1.82, 2.24) is 4.31 Å². The quantitative estimate of drug-likeness (QED) is 0.323. The van der Waals surface area contributed by atoms with E-state index in [1.807, 2.05) is 0 Å². The molecule has 0 radical (unpaired) electrons. The highest BCUT2D eigenvalue weighted by Crippen LogP contribution is 2.64. The van der Waals surface area contributed by atoms with E-state index in [0.29, 0.717) is 0 Å². The summed E-state index contributed by atoms with van der Waals surface area (Å²) >= 11 is 0. The van der Waals surface area contributed by atoms with Gasteiger partial charge < -0.3 is 0 Å². The lowest BCUT2D eigenvalue weighted by Crippen LogP contribution is -2.75. The third-order valence-electron chi connectivity index (χ3n) is 4.92. The minimum atomic E-state index is -8.81. The van der Waals surface area contributed by atoms with Crippen molar-refractivity contribution in [3.63, 3.8) is 0 Å². The predicted molar refractivity (Wildman–Crippen MR) is 79.6 cm³/mol. The number of hydrogen-bond donors (Lipinski definition) is 0. The molecule has 0 saturated carbocycles. The Bertz CT molecular complexity index is 872. The van der Waals surface area contributed by atoms with Crippen LogP contribution in [0.1, 0.15) is 25.7 Å². The maximum absolute atomic E-state index is 14.1. The van der Waals surface area contributed by atoms with Gasteiger partial charge in [0.2, 0.25) is 0 Å². The molecule has 1 heterocycles. The summed E-state index contributed by atoms with van der Waals surface area (Å²) in [6.45, 7) is -2.16. The smallest absolute Gasteiger partial charge is 0.206 e. The van der Waals surface area contributed by atoms with E-state index in [-0.39, 0.29) is 25.7 Å². The van der Waals surface area contributed by atoms with Crippen molar-refractivity contribution in [1.29, 1.82) is 0 Å². The molecule has 1 fully saturated rings. The Labute approximate surface area is 184 Å². The van der Waals surface area contributed by atoms with Gasteiger partial charge in [-0.25, -0.2) is 8.42 Å². The molecule has 0 atom stereocenters. The Kier molecular flexibility index (Phi) is 7.84. The molecule has 0 aromatic heterocycles. The van der Waals surface area contributed by atoms with Crippen LogP contribution >= 0.6 is 0 Å². The summed E-state index contributed by atoms with van der Waals surface area (Å²) in [6, 6.07) is 0. The Morgan fingerprint density at radius 1 is 0.429 bits per heavy atom. The molecule has 1 aliphatic rings. The average Bonchev–Trinajstić information content (AvgIpc) is 2.95. The van der Waals surface area contributed by atoms with Crippen LogP contribution in [0.25, 0.3) is 0 Å². The van der Waals surface area contributed by atoms with Crippen LogP contribution in [-0.4, -0.2) is 72.8 Å². The van der Waals surface area contributed by atoms with Crippen LogP contribution in [0, 0.1) is 0 Å². The van der Waals surface area contributed by atoms with Gasteiger partial charge in [0.05, 0.1) is 0 Å². The van der Waals surface area contributed by atoms with Crippen LogP contribution < -0.4 is 0 Å². The highest BCUT2D eigenvalue weighted by atomic mass is 32.2. The molecule has 1 saturated heterocycles.